The van der Waals surface area contributed by atoms with E-state index in [2.05, 4.69) is 0 Å². The van der Waals surface area contributed by atoms with Gasteiger partial charge in [0, 0.05) is 5.57 Å². The summed E-state index contributed by atoms with van der Waals surface area (Å²) in [6, 6.07) is 7.03. The van der Waals surface area contributed by atoms with Gasteiger partial charge in [0.2, 0.25) is 0 Å². The first-order chi connectivity index (χ1) is 9.88. The Bertz CT molecular complexity index is 639. The minimum absolute atomic E-state index is 0.0461. The standard InChI is InChI=1S/C16H16O5/c1-16(15(19)20)9-11(14(17)18)5-8-13(16)10-3-6-12(21-2)7-4-10/h3-8H,9H2,1-2H3,(H,17,18)(H,19,20). The van der Waals surface area contributed by atoms with Crippen LogP contribution in [0.25, 0.3) is 5.57 Å². The maximum atomic E-state index is 11.7. The van der Waals surface area contributed by atoms with E-state index in [0.29, 0.717) is 11.3 Å². The number of aliphatic carboxylic acids is 2. The van der Waals surface area contributed by atoms with Crippen molar-refractivity contribution in [2.24, 2.45) is 5.41 Å². The second-order valence-electron chi connectivity index (χ2n) is 5.12. The van der Waals surface area contributed by atoms with Gasteiger partial charge in [-0.3, -0.25) is 4.79 Å². The van der Waals surface area contributed by atoms with Crippen LogP contribution in [0.1, 0.15) is 18.9 Å². The van der Waals surface area contributed by atoms with Gasteiger partial charge in [0.1, 0.15) is 5.75 Å². The van der Waals surface area contributed by atoms with Gasteiger partial charge in [-0.05, 0) is 36.6 Å². The third-order valence-corrected chi connectivity index (χ3v) is 3.74. The van der Waals surface area contributed by atoms with E-state index in [9.17, 15) is 14.7 Å². The number of hydrogen-bond donors (Lipinski definition) is 2. The molecule has 2 rings (SSSR count). The van der Waals surface area contributed by atoms with Crippen LogP contribution in [0.5, 0.6) is 5.75 Å². The number of allylic oxidation sites excluding steroid dienone is 2. The summed E-state index contributed by atoms with van der Waals surface area (Å²) in [6.45, 7) is 1.54. The second-order valence-corrected chi connectivity index (χ2v) is 5.12. The molecule has 0 amide bonds. The molecule has 5 heteroatoms. The number of hydrogen-bond acceptors (Lipinski definition) is 3. The van der Waals surface area contributed by atoms with Crippen molar-refractivity contribution in [3.63, 3.8) is 0 Å². The van der Waals surface area contributed by atoms with Gasteiger partial charge in [0.15, 0.2) is 0 Å². The number of carboxylic acids is 2. The van der Waals surface area contributed by atoms with E-state index in [4.69, 9.17) is 9.84 Å². The summed E-state index contributed by atoms with van der Waals surface area (Å²) in [5.74, 6) is -1.46. The van der Waals surface area contributed by atoms with Crippen molar-refractivity contribution in [2.75, 3.05) is 7.11 Å². The van der Waals surface area contributed by atoms with Gasteiger partial charge in [0.25, 0.3) is 0 Å². The number of carboxylic acid groups (broad SMARTS) is 2. The first-order valence-corrected chi connectivity index (χ1v) is 6.41. The van der Waals surface area contributed by atoms with Crippen molar-refractivity contribution in [2.45, 2.75) is 13.3 Å². The van der Waals surface area contributed by atoms with Gasteiger partial charge in [-0.2, -0.15) is 0 Å². The van der Waals surface area contributed by atoms with Crippen molar-refractivity contribution < 1.29 is 24.5 Å². The molecule has 1 aliphatic rings. The van der Waals surface area contributed by atoms with Gasteiger partial charge in [-0.15, -0.1) is 0 Å². The quantitative estimate of drug-likeness (QED) is 0.889. The summed E-state index contributed by atoms with van der Waals surface area (Å²) in [6.07, 6.45) is 2.99. The van der Waals surface area contributed by atoms with E-state index in [1.165, 1.54) is 6.08 Å². The van der Waals surface area contributed by atoms with Crippen LogP contribution in [-0.4, -0.2) is 29.3 Å². The maximum absolute atomic E-state index is 11.7. The number of rotatable bonds is 4. The van der Waals surface area contributed by atoms with Gasteiger partial charge < -0.3 is 14.9 Å². The highest BCUT2D eigenvalue weighted by Crippen LogP contribution is 2.43. The Balaban J connectivity index is 2.51. The molecule has 1 aromatic rings. The lowest BCUT2D eigenvalue weighted by atomic mass is 9.71. The zero-order valence-electron chi connectivity index (χ0n) is 11.8. The summed E-state index contributed by atoms with van der Waals surface area (Å²) >= 11 is 0. The second kappa shape index (κ2) is 5.44. The van der Waals surface area contributed by atoms with Crippen LogP contribution >= 0.6 is 0 Å². The smallest absolute Gasteiger partial charge is 0.331 e. The molecule has 2 N–H and O–H groups in total. The maximum Gasteiger partial charge on any atom is 0.331 e. The fourth-order valence-electron chi connectivity index (χ4n) is 2.43. The number of benzene rings is 1. The molecule has 1 unspecified atom stereocenters. The van der Waals surface area contributed by atoms with Gasteiger partial charge in [-0.25, -0.2) is 4.79 Å². The number of methoxy groups -OCH3 is 1. The van der Waals surface area contributed by atoms with E-state index >= 15 is 0 Å². The number of carbonyl (C=O) groups is 2. The fraction of sp³-hybridized carbons (Fsp3) is 0.250. The molecule has 0 aromatic heterocycles. The summed E-state index contributed by atoms with van der Waals surface area (Å²) in [7, 11) is 1.55. The largest absolute Gasteiger partial charge is 0.497 e. The monoisotopic (exact) mass is 288 g/mol. The third-order valence-electron chi connectivity index (χ3n) is 3.74. The summed E-state index contributed by atoms with van der Waals surface area (Å²) < 4.78 is 5.08. The fourth-order valence-corrected chi connectivity index (χ4v) is 2.43. The van der Waals surface area contributed by atoms with E-state index in [0.717, 1.165) is 5.56 Å². The highest BCUT2D eigenvalue weighted by atomic mass is 16.5. The van der Waals surface area contributed by atoms with Crippen LogP contribution in [0, 0.1) is 5.41 Å². The molecule has 0 fully saturated rings. The molecule has 0 radical (unpaired) electrons. The SMILES string of the molecule is COc1ccc(C2=CC=C(C(=O)O)CC2(C)C(=O)O)cc1. The molecule has 0 spiro atoms. The predicted octanol–water partition coefficient (Wildman–Crippen LogP) is 2.58. The zero-order valence-corrected chi connectivity index (χ0v) is 11.8. The Morgan fingerprint density at radius 3 is 2.24 bits per heavy atom. The van der Waals surface area contributed by atoms with Gasteiger partial charge >= 0.3 is 11.9 Å². The molecule has 21 heavy (non-hydrogen) atoms. The van der Waals surface area contributed by atoms with Crippen LogP contribution in [0.3, 0.4) is 0 Å². The lowest BCUT2D eigenvalue weighted by molar-refractivity contribution is -0.144. The normalized spacial score (nSPS) is 21.2. The van der Waals surface area contributed by atoms with Crippen molar-refractivity contribution in [3.05, 3.63) is 47.6 Å². The van der Waals surface area contributed by atoms with E-state index in [1.807, 2.05) is 0 Å². The first-order valence-electron chi connectivity index (χ1n) is 6.41. The van der Waals surface area contributed by atoms with E-state index in [1.54, 1.807) is 44.4 Å². The van der Waals surface area contributed by atoms with Crippen LogP contribution in [0.2, 0.25) is 0 Å². The van der Waals surface area contributed by atoms with Crippen LogP contribution in [0.4, 0.5) is 0 Å². The van der Waals surface area contributed by atoms with Gasteiger partial charge in [0.05, 0.1) is 12.5 Å². The lowest BCUT2D eigenvalue weighted by Crippen LogP contribution is -2.32. The molecule has 0 saturated carbocycles. The summed E-state index contributed by atoms with van der Waals surface area (Å²) in [4.78, 5) is 22.7. The molecular weight excluding hydrogens is 272 g/mol. The molecule has 1 aromatic carbocycles. The number of ether oxygens (including phenoxy) is 1. The molecule has 0 aliphatic heterocycles. The first kappa shape index (κ1) is 14.8. The van der Waals surface area contributed by atoms with Crippen LogP contribution in [0.15, 0.2) is 42.0 Å². The average molecular weight is 288 g/mol. The Hall–Kier alpha value is -2.56. The molecule has 0 heterocycles. The summed E-state index contributed by atoms with van der Waals surface area (Å²) in [5, 5.41) is 18.6. The molecule has 0 bridgehead atoms. The highest BCUT2D eigenvalue weighted by Gasteiger charge is 2.41. The van der Waals surface area contributed by atoms with E-state index < -0.39 is 17.4 Å². The van der Waals surface area contributed by atoms with Gasteiger partial charge in [-0.1, -0.05) is 24.3 Å². The van der Waals surface area contributed by atoms with Crippen molar-refractivity contribution in [1.29, 1.82) is 0 Å². The average Bonchev–Trinajstić information content (AvgIpc) is 2.47. The Kier molecular flexibility index (Phi) is 3.84. The molecular formula is C16H16O5. The minimum Gasteiger partial charge on any atom is -0.497 e. The lowest BCUT2D eigenvalue weighted by Gasteiger charge is -2.31. The van der Waals surface area contributed by atoms with Crippen molar-refractivity contribution in [1.82, 2.24) is 0 Å². The van der Waals surface area contributed by atoms with Crippen LogP contribution < -0.4 is 4.74 Å². The molecule has 0 saturated heterocycles. The Morgan fingerprint density at radius 1 is 1.14 bits per heavy atom. The topological polar surface area (TPSA) is 83.8 Å². The van der Waals surface area contributed by atoms with Crippen molar-refractivity contribution >= 4 is 17.5 Å². The van der Waals surface area contributed by atoms with Crippen molar-refractivity contribution in [3.8, 4) is 5.75 Å². The molecule has 1 atom stereocenters. The Morgan fingerprint density at radius 2 is 1.76 bits per heavy atom. The molecule has 5 nitrogen and oxygen atoms in total. The summed E-state index contributed by atoms with van der Waals surface area (Å²) in [5.41, 5.74) is 0.151. The Labute approximate surface area is 122 Å². The predicted molar refractivity (Wildman–Crippen MR) is 77.0 cm³/mol. The molecule has 1 aliphatic carbocycles. The third kappa shape index (κ3) is 2.67. The van der Waals surface area contributed by atoms with E-state index in [-0.39, 0.29) is 12.0 Å². The highest BCUT2D eigenvalue weighted by molar-refractivity contribution is 5.98. The minimum atomic E-state index is -1.27. The molecule has 110 valence electrons. The zero-order chi connectivity index (χ0) is 15.6. The van der Waals surface area contributed by atoms with Crippen LogP contribution in [-0.2, 0) is 9.59 Å².